The van der Waals surface area contributed by atoms with Crippen molar-refractivity contribution in [2.24, 2.45) is 5.73 Å². The number of rotatable bonds is 3. The van der Waals surface area contributed by atoms with Gasteiger partial charge in [0.05, 0.1) is 12.1 Å². The number of hydrogen-bond acceptors (Lipinski definition) is 2. The third-order valence-electron chi connectivity index (χ3n) is 4.70. The van der Waals surface area contributed by atoms with Crippen LogP contribution in [0.5, 0.6) is 5.75 Å². The van der Waals surface area contributed by atoms with Crippen molar-refractivity contribution in [1.82, 2.24) is 0 Å². The van der Waals surface area contributed by atoms with Crippen LogP contribution in [0.25, 0.3) is 0 Å². The average Bonchev–Trinajstić information content (AvgIpc) is 2.45. The maximum absolute atomic E-state index is 6.48. The molecule has 0 saturated heterocycles. The van der Waals surface area contributed by atoms with Crippen LogP contribution in [0.1, 0.15) is 48.8 Å². The predicted molar refractivity (Wildman–Crippen MR) is 81.3 cm³/mol. The standard InChI is InChI=1S/C16H24ClNO/c1-11-9-13(15(19-3)14(17)12(11)2)16(10-18)7-5-4-6-8-16/h9H,4-8,10,18H2,1-3H3. The molecule has 1 aromatic rings. The van der Waals surface area contributed by atoms with Crippen LogP contribution in [0.3, 0.4) is 0 Å². The van der Waals surface area contributed by atoms with E-state index in [1.165, 1.54) is 30.4 Å². The van der Waals surface area contributed by atoms with Crippen LogP contribution in [-0.4, -0.2) is 13.7 Å². The number of benzene rings is 1. The molecule has 1 saturated carbocycles. The van der Waals surface area contributed by atoms with Gasteiger partial charge < -0.3 is 10.5 Å². The Kier molecular flexibility index (Phi) is 4.42. The van der Waals surface area contributed by atoms with E-state index in [4.69, 9.17) is 22.1 Å². The summed E-state index contributed by atoms with van der Waals surface area (Å²) in [6.45, 7) is 4.82. The van der Waals surface area contributed by atoms with Crippen LogP contribution in [0.2, 0.25) is 5.02 Å². The summed E-state index contributed by atoms with van der Waals surface area (Å²) in [5.74, 6) is 0.831. The monoisotopic (exact) mass is 281 g/mol. The van der Waals surface area contributed by atoms with Crippen molar-refractivity contribution in [2.75, 3.05) is 13.7 Å². The van der Waals surface area contributed by atoms with Crippen LogP contribution in [0, 0.1) is 13.8 Å². The zero-order valence-electron chi connectivity index (χ0n) is 12.2. The number of nitrogens with two attached hydrogens (primary N) is 1. The van der Waals surface area contributed by atoms with E-state index in [2.05, 4.69) is 13.0 Å². The molecule has 19 heavy (non-hydrogen) atoms. The molecule has 1 aliphatic carbocycles. The molecule has 3 heteroatoms. The minimum Gasteiger partial charge on any atom is -0.495 e. The molecule has 0 atom stereocenters. The van der Waals surface area contributed by atoms with Crippen LogP contribution in [0.15, 0.2) is 6.07 Å². The summed E-state index contributed by atoms with van der Waals surface area (Å²) in [4.78, 5) is 0. The van der Waals surface area contributed by atoms with Crippen molar-refractivity contribution in [2.45, 2.75) is 51.4 Å². The van der Waals surface area contributed by atoms with Gasteiger partial charge in [-0.3, -0.25) is 0 Å². The second-order valence-electron chi connectivity index (χ2n) is 5.76. The summed E-state index contributed by atoms with van der Waals surface area (Å²) in [7, 11) is 1.70. The molecule has 0 bridgehead atoms. The van der Waals surface area contributed by atoms with Crippen LogP contribution in [-0.2, 0) is 5.41 Å². The van der Waals surface area contributed by atoms with Crippen molar-refractivity contribution in [1.29, 1.82) is 0 Å². The molecule has 2 nitrogen and oxygen atoms in total. The highest BCUT2D eigenvalue weighted by atomic mass is 35.5. The van der Waals surface area contributed by atoms with Crippen LogP contribution >= 0.6 is 11.6 Å². The lowest BCUT2D eigenvalue weighted by atomic mass is 9.68. The number of methoxy groups -OCH3 is 1. The van der Waals surface area contributed by atoms with Crippen molar-refractivity contribution in [3.63, 3.8) is 0 Å². The summed E-state index contributed by atoms with van der Waals surface area (Å²) in [6.07, 6.45) is 6.07. The molecule has 0 radical (unpaired) electrons. The van der Waals surface area contributed by atoms with Gasteiger partial charge in [0.2, 0.25) is 0 Å². The Morgan fingerprint density at radius 1 is 1.26 bits per heavy atom. The lowest BCUT2D eigenvalue weighted by Crippen LogP contribution is -2.37. The maximum atomic E-state index is 6.48. The summed E-state index contributed by atoms with van der Waals surface area (Å²) in [5, 5.41) is 0.746. The van der Waals surface area contributed by atoms with Crippen LogP contribution < -0.4 is 10.5 Å². The lowest BCUT2D eigenvalue weighted by molar-refractivity contribution is 0.287. The maximum Gasteiger partial charge on any atom is 0.141 e. The second kappa shape index (κ2) is 5.72. The first-order chi connectivity index (χ1) is 9.05. The fourth-order valence-corrected chi connectivity index (χ4v) is 3.59. The Morgan fingerprint density at radius 3 is 2.42 bits per heavy atom. The van der Waals surface area contributed by atoms with Gasteiger partial charge in [0.25, 0.3) is 0 Å². The van der Waals surface area contributed by atoms with Crippen molar-refractivity contribution in [3.05, 3.63) is 27.8 Å². The molecule has 0 unspecified atom stereocenters. The van der Waals surface area contributed by atoms with Gasteiger partial charge >= 0.3 is 0 Å². The molecule has 0 amide bonds. The highest BCUT2D eigenvalue weighted by Gasteiger charge is 2.36. The predicted octanol–water partition coefficient (Wildman–Crippen LogP) is 4.13. The van der Waals surface area contributed by atoms with E-state index < -0.39 is 0 Å². The topological polar surface area (TPSA) is 35.2 Å². The molecule has 1 aliphatic rings. The highest BCUT2D eigenvalue weighted by Crippen LogP contribution is 2.46. The molecule has 0 aromatic heterocycles. The zero-order valence-corrected chi connectivity index (χ0v) is 12.9. The lowest BCUT2D eigenvalue weighted by Gasteiger charge is -2.38. The molecule has 0 spiro atoms. The van der Waals surface area contributed by atoms with Crippen LogP contribution in [0.4, 0.5) is 0 Å². The minimum absolute atomic E-state index is 0.0473. The Hall–Kier alpha value is -0.730. The largest absolute Gasteiger partial charge is 0.495 e. The summed E-state index contributed by atoms with van der Waals surface area (Å²) >= 11 is 6.48. The van der Waals surface area contributed by atoms with Gasteiger partial charge in [-0.05, 0) is 37.8 Å². The fourth-order valence-electron chi connectivity index (χ4n) is 3.26. The molecular formula is C16H24ClNO. The SMILES string of the molecule is COc1c(C2(CN)CCCCC2)cc(C)c(C)c1Cl. The molecule has 2 rings (SSSR count). The molecule has 0 aliphatic heterocycles. The van der Waals surface area contributed by atoms with Gasteiger partial charge in [0, 0.05) is 17.5 Å². The van der Waals surface area contributed by atoms with Gasteiger partial charge in [0.15, 0.2) is 0 Å². The first kappa shape index (κ1) is 14.7. The molecule has 2 N–H and O–H groups in total. The van der Waals surface area contributed by atoms with Gasteiger partial charge in [-0.1, -0.05) is 36.9 Å². The first-order valence-electron chi connectivity index (χ1n) is 7.10. The Balaban J connectivity index is 2.59. The molecule has 0 heterocycles. The Morgan fingerprint density at radius 2 is 1.89 bits per heavy atom. The molecular weight excluding hydrogens is 258 g/mol. The van der Waals surface area contributed by atoms with E-state index in [1.54, 1.807) is 7.11 Å². The second-order valence-corrected chi connectivity index (χ2v) is 6.14. The molecule has 1 aromatic carbocycles. The normalized spacial score (nSPS) is 18.4. The summed E-state index contributed by atoms with van der Waals surface area (Å²) in [6, 6.07) is 2.23. The third-order valence-corrected chi connectivity index (χ3v) is 5.16. The van der Waals surface area contributed by atoms with Gasteiger partial charge in [-0.2, -0.15) is 0 Å². The Labute approximate surface area is 121 Å². The molecule has 1 fully saturated rings. The number of hydrogen-bond donors (Lipinski definition) is 1. The van der Waals surface area contributed by atoms with E-state index in [0.717, 1.165) is 29.2 Å². The van der Waals surface area contributed by atoms with E-state index in [-0.39, 0.29) is 5.41 Å². The minimum atomic E-state index is 0.0473. The zero-order chi connectivity index (χ0) is 14.0. The number of halogens is 1. The van der Waals surface area contributed by atoms with Gasteiger partial charge in [-0.25, -0.2) is 0 Å². The summed E-state index contributed by atoms with van der Waals surface area (Å²) in [5.41, 5.74) is 9.72. The Bertz CT molecular complexity index is 464. The van der Waals surface area contributed by atoms with E-state index in [0.29, 0.717) is 6.54 Å². The van der Waals surface area contributed by atoms with Gasteiger partial charge in [-0.15, -0.1) is 0 Å². The highest BCUT2D eigenvalue weighted by molar-refractivity contribution is 6.33. The first-order valence-corrected chi connectivity index (χ1v) is 7.48. The van der Waals surface area contributed by atoms with E-state index in [1.807, 2.05) is 6.92 Å². The number of aryl methyl sites for hydroxylation is 1. The fraction of sp³-hybridized carbons (Fsp3) is 0.625. The van der Waals surface area contributed by atoms with Crippen molar-refractivity contribution >= 4 is 11.6 Å². The summed E-state index contributed by atoms with van der Waals surface area (Å²) < 4.78 is 5.60. The van der Waals surface area contributed by atoms with E-state index in [9.17, 15) is 0 Å². The quantitative estimate of drug-likeness (QED) is 0.904. The number of ether oxygens (including phenoxy) is 1. The third kappa shape index (κ3) is 2.48. The van der Waals surface area contributed by atoms with Crippen molar-refractivity contribution < 1.29 is 4.74 Å². The smallest absolute Gasteiger partial charge is 0.141 e. The van der Waals surface area contributed by atoms with Gasteiger partial charge in [0.1, 0.15) is 5.75 Å². The van der Waals surface area contributed by atoms with E-state index >= 15 is 0 Å². The van der Waals surface area contributed by atoms with Crippen molar-refractivity contribution in [3.8, 4) is 5.75 Å². The average molecular weight is 282 g/mol. The molecule has 106 valence electrons.